The maximum Gasteiger partial charge on any atom is 0.302 e. The third kappa shape index (κ3) is 4.35. The van der Waals surface area contributed by atoms with Crippen LogP contribution in [0.2, 0.25) is 5.02 Å². The first-order chi connectivity index (χ1) is 9.54. The minimum Gasteiger partial charge on any atom is -0.462 e. The first kappa shape index (κ1) is 15.1. The van der Waals surface area contributed by atoms with Gasteiger partial charge in [0, 0.05) is 43.6 Å². The number of benzene rings is 1. The van der Waals surface area contributed by atoms with Crippen LogP contribution in [-0.4, -0.2) is 35.2 Å². The summed E-state index contributed by atoms with van der Waals surface area (Å²) in [7, 11) is 0. The topological polar surface area (TPSA) is 41.6 Å². The number of carbonyl (C=O) groups excluding carboxylic acids is 1. The predicted octanol–water partition coefficient (Wildman–Crippen LogP) is 3.06. The van der Waals surface area contributed by atoms with E-state index in [4.69, 9.17) is 28.6 Å². The van der Waals surface area contributed by atoms with Gasteiger partial charge in [0.15, 0.2) is 5.11 Å². The molecule has 0 saturated carbocycles. The molecule has 0 spiro atoms. The quantitative estimate of drug-likeness (QED) is 0.671. The van der Waals surface area contributed by atoms with Crippen molar-refractivity contribution in [3.05, 3.63) is 29.3 Å². The fourth-order valence-corrected chi connectivity index (χ4v) is 2.57. The smallest absolute Gasteiger partial charge is 0.302 e. The Morgan fingerprint density at radius 2 is 1.95 bits per heavy atom. The highest BCUT2D eigenvalue weighted by Gasteiger charge is 2.22. The van der Waals surface area contributed by atoms with E-state index >= 15 is 0 Å². The summed E-state index contributed by atoms with van der Waals surface area (Å²) in [5.74, 6) is -0.217. The van der Waals surface area contributed by atoms with Crippen molar-refractivity contribution < 1.29 is 9.53 Å². The Hall–Kier alpha value is -1.33. The Morgan fingerprint density at radius 3 is 2.50 bits per heavy atom. The van der Waals surface area contributed by atoms with Gasteiger partial charge < -0.3 is 15.0 Å². The van der Waals surface area contributed by atoms with E-state index in [1.807, 2.05) is 24.3 Å². The van der Waals surface area contributed by atoms with E-state index in [0.717, 1.165) is 31.6 Å². The van der Waals surface area contributed by atoms with E-state index in [1.165, 1.54) is 6.92 Å². The molecule has 1 heterocycles. The second-order valence-corrected chi connectivity index (χ2v) is 5.56. The number of likely N-dealkylation sites (tertiary alicyclic amines) is 1. The lowest BCUT2D eigenvalue weighted by atomic mass is 10.1. The first-order valence-corrected chi connectivity index (χ1v) is 7.32. The highest BCUT2D eigenvalue weighted by molar-refractivity contribution is 7.80. The number of ether oxygens (including phenoxy) is 1. The number of esters is 1. The monoisotopic (exact) mass is 312 g/mol. The average Bonchev–Trinajstić information content (AvgIpc) is 2.41. The zero-order valence-corrected chi connectivity index (χ0v) is 12.8. The molecule has 0 radical (unpaired) electrons. The van der Waals surface area contributed by atoms with Gasteiger partial charge in [0.25, 0.3) is 0 Å². The van der Waals surface area contributed by atoms with Crippen LogP contribution in [-0.2, 0) is 9.53 Å². The van der Waals surface area contributed by atoms with Crippen LogP contribution in [0.3, 0.4) is 0 Å². The number of halogens is 1. The van der Waals surface area contributed by atoms with Gasteiger partial charge in [-0.05, 0) is 36.5 Å². The molecule has 4 nitrogen and oxygen atoms in total. The second kappa shape index (κ2) is 6.90. The zero-order valence-electron chi connectivity index (χ0n) is 11.3. The van der Waals surface area contributed by atoms with Gasteiger partial charge in [0.1, 0.15) is 6.10 Å². The van der Waals surface area contributed by atoms with Crippen LogP contribution in [0.5, 0.6) is 0 Å². The van der Waals surface area contributed by atoms with E-state index < -0.39 is 0 Å². The van der Waals surface area contributed by atoms with Crippen LogP contribution in [0.4, 0.5) is 5.69 Å². The lowest BCUT2D eigenvalue weighted by molar-refractivity contribution is -0.147. The van der Waals surface area contributed by atoms with Crippen LogP contribution < -0.4 is 5.32 Å². The number of piperidine rings is 1. The Balaban J connectivity index is 1.82. The second-order valence-electron chi connectivity index (χ2n) is 4.73. The van der Waals surface area contributed by atoms with E-state index in [1.54, 1.807) is 0 Å². The molecule has 1 fully saturated rings. The number of hydrogen-bond acceptors (Lipinski definition) is 3. The molecule has 1 aliphatic rings. The third-order valence-electron chi connectivity index (χ3n) is 3.16. The van der Waals surface area contributed by atoms with Crippen LogP contribution in [0.1, 0.15) is 19.8 Å². The summed E-state index contributed by atoms with van der Waals surface area (Å²) >= 11 is 11.2. The average molecular weight is 313 g/mol. The molecule has 0 unspecified atom stereocenters. The van der Waals surface area contributed by atoms with Crippen molar-refractivity contribution in [2.24, 2.45) is 0 Å². The maximum absolute atomic E-state index is 10.9. The van der Waals surface area contributed by atoms with Crippen molar-refractivity contribution in [2.45, 2.75) is 25.9 Å². The van der Waals surface area contributed by atoms with E-state index in [9.17, 15) is 4.79 Å². The van der Waals surface area contributed by atoms with Crippen molar-refractivity contribution >= 4 is 40.6 Å². The molecular formula is C14H17ClN2O2S. The molecule has 2 rings (SSSR count). The highest BCUT2D eigenvalue weighted by atomic mass is 35.5. The predicted molar refractivity (Wildman–Crippen MR) is 84.0 cm³/mol. The van der Waals surface area contributed by atoms with E-state index in [0.29, 0.717) is 10.1 Å². The normalized spacial score (nSPS) is 15.8. The molecule has 0 atom stereocenters. The number of hydrogen-bond donors (Lipinski definition) is 1. The van der Waals surface area contributed by atoms with Crippen LogP contribution in [0, 0.1) is 0 Å². The maximum atomic E-state index is 10.9. The SMILES string of the molecule is CC(=O)OC1CCN(C(=S)Nc2ccc(Cl)cc2)CC1. The van der Waals surface area contributed by atoms with Crippen molar-refractivity contribution in [3.63, 3.8) is 0 Å². The summed E-state index contributed by atoms with van der Waals surface area (Å²) in [5, 5.41) is 4.57. The molecule has 0 aliphatic carbocycles. The lowest BCUT2D eigenvalue weighted by Crippen LogP contribution is -2.43. The molecule has 1 aliphatic heterocycles. The van der Waals surface area contributed by atoms with Crippen molar-refractivity contribution in [1.82, 2.24) is 4.90 Å². The molecule has 0 amide bonds. The van der Waals surface area contributed by atoms with Gasteiger partial charge >= 0.3 is 5.97 Å². The van der Waals surface area contributed by atoms with Crippen LogP contribution in [0.25, 0.3) is 0 Å². The molecule has 0 bridgehead atoms. The van der Waals surface area contributed by atoms with Gasteiger partial charge in [-0.3, -0.25) is 4.79 Å². The Labute approximate surface area is 129 Å². The number of nitrogens with one attached hydrogen (secondary N) is 1. The number of nitrogens with zero attached hydrogens (tertiary/aromatic N) is 1. The third-order valence-corrected chi connectivity index (χ3v) is 3.77. The molecule has 1 aromatic carbocycles. The zero-order chi connectivity index (χ0) is 14.5. The Morgan fingerprint density at radius 1 is 1.35 bits per heavy atom. The van der Waals surface area contributed by atoms with E-state index in [2.05, 4.69) is 10.2 Å². The van der Waals surface area contributed by atoms with Gasteiger partial charge in [0.2, 0.25) is 0 Å². The Bertz CT molecular complexity index is 484. The number of anilines is 1. The fourth-order valence-electron chi connectivity index (χ4n) is 2.15. The highest BCUT2D eigenvalue weighted by Crippen LogP contribution is 2.17. The van der Waals surface area contributed by atoms with Crippen molar-refractivity contribution in [3.8, 4) is 0 Å². The molecule has 0 aromatic heterocycles. The van der Waals surface area contributed by atoms with Crippen LogP contribution >= 0.6 is 23.8 Å². The van der Waals surface area contributed by atoms with Crippen LogP contribution in [0.15, 0.2) is 24.3 Å². The summed E-state index contributed by atoms with van der Waals surface area (Å²) in [6, 6.07) is 7.42. The summed E-state index contributed by atoms with van der Waals surface area (Å²) in [6.45, 7) is 3.02. The summed E-state index contributed by atoms with van der Waals surface area (Å²) in [4.78, 5) is 13.0. The largest absolute Gasteiger partial charge is 0.462 e. The standard InChI is InChI=1S/C14H17ClN2O2S/c1-10(18)19-13-6-8-17(9-7-13)14(20)16-12-4-2-11(15)3-5-12/h2-5,13H,6-9H2,1H3,(H,16,20). The van der Waals surface area contributed by atoms with Gasteiger partial charge in [-0.15, -0.1) is 0 Å². The van der Waals surface area contributed by atoms with Gasteiger partial charge in [-0.25, -0.2) is 0 Å². The Kier molecular flexibility index (Phi) is 5.20. The van der Waals surface area contributed by atoms with Gasteiger partial charge in [0.05, 0.1) is 0 Å². The number of rotatable bonds is 2. The molecule has 1 aromatic rings. The van der Waals surface area contributed by atoms with Crippen molar-refractivity contribution in [2.75, 3.05) is 18.4 Å². The first-order valence-electron chi connectivity index (χ1n) is 6.53. The molecule has 1 saturated heterocycles. The minimum atomic E-state index is -0.217. The van der Waals surface area contributed by atoms with Crippen molar-refractivity contribution in [1.29, 1.82) is 0 Å². The number of carbonyl (C=O) groups is 1. The summed E-state index contributed by atoms with van der Waals surface area (Å²) < 4.78 is 5.21. The summed E-state index contributed by atoms with van der Waals surface area (Å²) in [5.41, 5.74) is 0.918. The molecular weight excluding hydrogens is 296 g/mol. The molecule has 108 valence electrons. The summed E-state index contributed by atoms with van der Waals surface area (Å²) in [6.07, 6.45) is 1.63. The van der Waals surface area contributed by atoms with Gasteiger partial charge in [-0.2, -0.15) is 0 Å². The number of thiocarbonyl (C=S) groups is 1. The fraction of sp³-hybridized carbons (Fsp3) is 0.429. The minimum absolute atomic E-state index is 0.0158. The molecule has 1 N–H and O–H groups in total. The van der Waals surface area contributed by atoms with Gasteiger partial charge in [-0.1, -0.05) is 11.6 Å². The lowest BCUT2D eigenvalue weighted by Gasteiger charge is -2.33. The molecule has 6 heteroatoms. The molecule has 20 heavy (non-hydrogen) atoms. The van der Waals surface area contributed by atoms with E-state index in [-0.39, 0.29) is 12.1 Å².